The molecule has 3 rings (SSSR count). The van der Waals surface area contributed by atoms with Crippen molar-refractivity contribution in [2.24, 2.45) is 0 Å². The number of rotatable bonds is 5. The Morgan fingerprint density at radius 3 is 2.79 bits per heavy atom. The Morgan fingerprint density at radius 1 is 1.38 bits per heavy atom. The van der Waals surface area contributed by atoms with E-state index >= 15 is 0 Å². The summed E-state index contributed by atoms with van der Waals surface area (Å²) in [5, 5.41) is 7.64. The molecule has 6 nitrogen and oxygen atoms in total. The van der Waals surface area contributed by atoms with Crippen molar-refractivity contribution in [1.29, 1.82) is 0 Å². The number of aromatic nitrogens is 2. The van der Waals surface area contributed by atoms with Crippen molar-refractivity contribution in [3.63, 3.8) is 0 Å². The summed E-state index contributed by atoms with van der Waals surface area (Å²) >= 11 is 6.26. The van der Waals surface area contributed by atoms with Crippen LogP contribution in [-0.2, 0) is 11.2 Å². The monoisotopic (exact) mass is 349 g/mol. The van der Waals surface area contributed by atoms with Gasteiger partial charge in [0.1, 0.15) is 19.0 Å². The Hall–Kier alpha value is -2.21. The van der Waals surface area contributed by atoms with Crippen molar-refractivity contribution in [2.45, 2.75) is 32.7 Å². The lowest BCUT2D eigenvalue weighted by Crippen LogP contribution is -2.20. The van der Waals surface area contributed by atoms with Crippen LogP contribution in [0.3, 0.4) is 0 Å². The average molecular weight is 350 g/mol. The first-order valence-corrected chi connectivity index (χ1v) is 8.37. The number of amides is 1. The van der Waals surface area contributed by atoms with E-state index in [1.807, 2.05) is 4.68 Å². The molecule has 0 radical (unpaired) electrons. The summed E-state index contributed by atoms with van der Waals surface area (Å²) in [6.45, 7) is 5.13. The highest BCUT2D eigenvalue weighted by Gasteiger charge is 2.18. The number of nitrogens with zero attached hydrogens (tertiary/aromatic N) is 2. The molecule has 128 valence electrons. The second-order valence-corrected chi connectivity index (χ2v) is 6.14. The van der Waals surface area contributed by atoms with Gasteiger partial charge in [0.05, 0.1) is 18.7 Å². The van der Waals surface area contributed by atoms with Crippen molar-refractivity contribution < 1.29 is 14.3 Å². The smallest absolute Gasteiger partial charge is 0.229 e. The molecule has 1 amide bonds. The molecule has 7 heteroatoms. The van der Waals surface area contributed by atoms with E-state index in [2.05, 4.69) is 24.3 Å². The van der Waals surface area contributed by atoms with E-state index in [4.69, 9.17) is 21.1 Å². The van der Waals surface area contributed by atoms with Gasteiger partial charge in [0.25, 0.3) is 0 Å². The summed E-state index contributed by atoms with van der Waals surface area (Å²) in [6, 6.07) is 5.47. The van der Waals surface area contributed by atoms with Crippen LogP contribution in [0, 0.1) is 0 Å². The van der Waals surface area contributed by atoms with Crippen molar-refractivity contribution in [3.05, 3.63) is 35.0 Å². The fourth-order valence-electron chi connectivity index (χ4n) is 2.54. The SMILES string of the molecule is CC[C@@H](C)n1nccc1NC(=O)Cc1cc2c(cc1Cl)OCCO2. The number of halogens is 1. The number of anilines is 1. The van der Waals surface area contributed by atoms with Gasteiger partial charge in [-0.15, -0.1) is 0 Å². The molecule has 1 N–H and O–H groups in total. The molecule has 0 spiro atoms. The van der Waals surface area contributed by atoms with Gasteiger partial charge in [0.15, 0.2) is 11.5 Å². The molecule has 1 aromatic heterocycles. The second kappa shape index (κ2) is 7.13. The van der Waals surface area contributed by atoms with Crippen LogP contribution in [0.25, 0.3) is 0 Å². The Kier molecular flexibility index (Phi) is 4.94. The molecule has 1 atom stereocenters. The molecular formula is C17H20ClN3O3. The van der Waals surface area contributed by atoms with E-state index in [9.17, 15) is 4.79 Å². The summed E-state index contributed by atoms with van der Waals surface area (Å²) in [7, 11) is 0. The standard InChI is InChI=1S/C17H20ClN3O3/c1-3-11(2)21-16(4-5-19-21)20-17(22)9-12-8-14-15(10-13(12)18)24-7-6-23-14/h4-5,8,10-11H,3,6-7,9H2,1-2H3,(H,20,22)/t11-/m1/s1. The van der Waals surface area contributed by atoms with Gasteiger partial charge < -0.3 is 14.8 Å². The van der Waals surface area contributed by atoms with Crippen LogP contribution in [0.2, 0.25) is 5.02 Å². The number of benzene rings is 1. The number of carbonyl (C=O) groups excluding carboxylic acids is 1. The first-order chi connectivity index (χ1) is 11.6. The highest BCUT2D eigenvalue weighted by molar-refractivity contribution is 6.31. The molecule has 0 fully saturated rings. The Bertz CT molecular complexity index is 745. The van der Waals surface area contributed by atoms with E-state index in [0.29, 0.717) is 41.1 Å². The van der Waals surface area contributed by atoms with Gasteiger partial charge in [-0.25, -0.2) is 4.68 Å². The first-order valence-electron chi connectivity index (χ1n) is 8.00. The van der Waals surface area contributed by atoms with E-state index in [1.54, 1.807) is 24.4 Å². The molecule has 0 aliphatic carbocycles. The summed E-state index contributed by atoms with van der Waals surface area (Å²) in [4.78, 5) is 12.4. The van der Waals surface area contributed by atoms with E-state index in [1.165, 1.54) is 0 Å². The quantitative estimate of drug-likeness (QED) is 0.897. The minimum atomic E-state index is -0.154. The minimum absolute atomic E-state index is 0.154. The fraction of sp³-hybridized carbons (Fsp3) is 0.412. The number of ether oxygens (including phenoxy) is 2. The van der Waals surface area contributed by atoms with Gasteiger partial charge in [-0.3, -0.25) is 4.79 Å². The number of hydrogen-bond acceptors (Lipinski definition) is 4. The van der Waals surface area contributed by atoms with Gasteiger partial charge in [0.2, 0.25) is 5.91 Å². The molecule has 1 aromatic carbocycles. The molecular weight excluding hydrogens is 330 g/mol. The molecule has 1 aliphatic heterocycles. The lowest BCUT2D eigenvalue weighted by molar-refractivity contribution is -0.115. The predicted octanol–water partition coefficient (Wildman–Crippen LogP) is 3.46. The maximum absolute atomic E-state index is 12.4. The van der Waals surface area contributed by atoms with Crippen molar-refractivity contribution >= 4 is 23.3 Å². The minimum Gasteiger partial charge on any atom is -0.486 e. The van der Waals surface area contributed by atoms with Gasteiger partial charge in [-0.05, 0) is 25.0 Å². The van der Waals surface area contributed by atoms with Gasteiger partial charge in [-0.2, -0.15) is 5.10 Å². The zero-order valence-corrected chi connectivity index (χ0v) is 14.5. The lowest BCUT2D eigenvalue weighted by Gasteiger charge is -2.20. The molecule has 2 aromatic rings. The Labute approximate surface area is 145 Å². The largest absolute Gasteiger partial charge is 0.486 e. The maximum atomic E-state index is 12.4. The topological polar surface area (TPSA) is 65.4 Å². The molecule has 0 unspecified atom stereocenters. The molecule has 0 saturated heterocycles. The summed E-state index contributed by atoms with van der Waals surface area (Å²) in [5.74, 6) is 1.77. The Balaban J connectivity index is 1.73. The fourth-order valence-corrected chi connectivity index (χ4v) is 2.76. The van der Waals surface area contributed by atoms with E-state index in [0.717, 1.165) is 6.42 Å². The third-order valence-electron chi connectivity index (χ3n) is 4.01. The highest BCUT2D eigenvalue weighted by atomic mass is 35.5. The number of fused-ring (bicyclic) bond motifs is 1. The van der Waals surface area contributed by atoms with Gasteiger partial charge in [-0.1, -0.05) is 18.5 Å². The maximum Gasteiger partial charge on any atom is 0.229 e. The van der Waals surface area contributed by atoms with E-state index < -0.39 is 0 Å². The molecule has 0 saturated carbocycles. The van der Waals surface area contributed by atoms with Gasteiger partial charge in [0, 0.05) is 17.2 Å². The molecule has 2 heterocycles. The zero-order valence-electron chi connectivity index (χ0n) is 13.7. The van der Waals surface area contributed by atoms with Crippen LogP contribution in [-0.4, -0.2) is 28.9 Å². The third kappa shape index (κ3) is 3.48. The number of nitrogens with one attached hydrogen (secondary N) is 1. The first kappa shape index (κ1) is 16.6. The van der Waals surface area contributed by atoms with Crippen molar-refractivity contribution in [3.8, 4) is 11.5 Å². The zero-order chi connectivity index (χ0) is 17.1. The number of hydrogen-bond donors (Lipinski definition) is 1. The third-order valence-corrected chi connectivity index (χ3v) is 4.36. The summed E-state index contributed by atoms with van der Waals surface area (Å²) in [6.07, 6.45) is 2.76. The van der Waals surface area contributed by atoms with Crippen molar-refractivity contribution in [1.82, 2.24) is 9.78 Å². The lowest BCUT2D eigenvalue weighted by atomic mass is 10.1. The van der Waals surface area contributed by atoms with Crippen LogP contribution < -0.4 is 14.8 Å². The molecule has 1 aliphatic rings. The summed E-state index contributed by atoms with van der Waals surface area (Å²) < 4.78 is 12.8. The Morgan fingerprint density at radius 2 is 2.08 bits per heavy atom. The second-order valence-electron chi connectivity index (χ2n) is 5.73. The predicted molar refractivity (Wildman–Crippen MR) is 92.0 cm³/mol. The van der Waals surface area contributed by atoms with Crippen LogP contribution >= 0.6 is 11.6 Å². The van der Waals surface area contributed by atoms with Crippen LogP contribution in [0.15, 0.2) is 24.4 Å². The van der Waals surface area contributed by atoms with Crippen LogP contribution in [0.4, 0.5) is 5.82 Å². The number of carbonyl (C=O) groups is 1. The van der Waals surface area contributed by atoms with Crippen molar-refractivity contribution in [2.75, 3.05) is 18.5 Å². The van der Waals surface area contributed by atoms with Crippen LogP contribution in [0.1, 0.15) is 31.9 Å². The van der Waals surface area contributed by atoms with Gasteiger partial charge >= 0.3 is 0 Å². The van der Waals surface area contributed by atoms with E-state index in [-0.39, 0.29) is 18.4 Å². The summed E-state index contributed by atoms with van der Waals surface area (Å²) in [5.41, 5.74) is 0.702. The highest BCUT2D eigenvalue weighted by Crippen LogP contribution is 2.35. The van der Waals surface area contributed by atoms with Crippen LogP contribution in [0.5, 0.6) is 11.5 Å². The average Bonchev–Trinajstić information content (AvgIpc) is 3.02. The molecule has 24 heavy (non-hydrogen) atoms. The normalized spacial score (nSPS) is 14.3. The molecule has 0 bridgehead atoms.